The van der Waals surface area contributed by atoms with E-state index in [-0.39, 0.29) is 6.04 Å². The van der Waals surface area contributed by atoms with Crippen molar-refractivity contribution >= 4 is 5.69 Å². The molecule has 20 heavy (non-hydrogen) atoms. The van der Waals surface area contributed by atoms with Crippen molar-refractivity contribution in [2.24, 2.45) is 0 Å². The van der Waals surface area contributed by atoms with Crippen LogP contribution in [0.1, 0.15) is 19.9 Å². The van der Waals surface area contributed by atoms with E-state index in [4.69, 9.17) is 5.73 Å². The van der Waals surface area contributed by atoms with Gasteiger partial charge in [-0.15, -0.1) is 5.10 Å². The van der Waals surface area contributed by atoms with E-state index < -0.39 is 0 Å². The molecule has 0 amide bonds. The van der Waals surface area contributed by atoms with Gasteiger partial charge < -0.3 is 5.73 Å². The lowest BCUT2D eigenvalue weighted by Gasteiger charge is -2.04. The van der Waals surface area contributed by atoms with E-state index in [1.54, 1.807) is 11.0 Å². The van der Waals surface area contributed by atoms with Crippen LogP contribution in [0.15, 0.2) is 36.8 Å². The summed E-state index contributed by atoms with van der Waals surface area (Å²) in [4.78, 5) is 0. The number of anilines is 1. The third-order valence-corrected chi connectivity index (χ3v) is 3.02. The van der Waals surface area contributed by atoms with Crippen molar-refractivity contribution < 1.29 is 0 Å². The Bertz CT molecular complexity index is 712. The minimum Gasteiger partial charge on any atom is -0.396 e. The molecular weight excluding hydrogens is 254 g/mol. The number of nitrogen functional groups attached to an aromatic ring is 1. The average Bonchev–Trinajstić information content (AvgIpc) is 3.08. The molecule has 2 aromatic heterocycles. The lowest BCUT2D eigenvalue weighted by atomic mass is 10.1. The van der Waals surface area contributed by atoms with Crippen molar-refractivity contribution in [2.75, 3.05) is 5.73 Å². The maximum atomic E-state index is 6.05. The number of nitrogens with two attached hydrogens (primary N) is 1. The molecule has 0 atom stereocenters. The second-order valence-electron chi connectivity index (χ2n) is 4.81. The Morgan fingerprint density at radius 2 is 2.10 bits per heavy atom. The molecule has 7 heteroatoms. The lowest BCUT2D eigenvalue weighted by molar-refractivity contribution is 0.534. The Labute approximate surface area is 116 Å². The second-order valence-corrected chi connectivity index (χ2v) is 4.81. The van der Waals surface area contributed by atoms with Gasteiger partial charge in [-0.2, -0.15) is 5.10 Å². The zero-order chi connectivity index (χ0) is 14.1. The highest BCUT2D eigenvalue weighted by atomic mass is 15.5. The molecule has 0 saturated heterocycles. The third kappa shape index (κ3) is 2.13. The molecule has 3 rings (SSSR count). The summed E-state index contributed by atoms with van der Waals surface area (Å²) in [7, 11) is 0. The smallest absolute Gasteiger partial charge is 0.143 e. The van der Waals surface area contributed by atoms with Crippen molar-refractivity contribution in [3.05, 3.63) is 36.8 Å². The summed E-state index contributed by atoms with van der Waals surface area (Å²) in [6.07, 6.45) is 3.40. The minimum absolute atomic E-state index is 0.272. The maximum absolute atomic E-state index is 6.05. The van der Waals surface area contributed by atoms with Crippen LogP contribution >= 0.6 is 0 Å². The van der Waals surface area contributed by atoms with Gasteiger partial charge in [0.25, 0.3) is 0 Å². The van der Waals surface area contributed by atoms with Gasteiger partial charge in [0, 0.05) is 17.8 Å². The third-order valence-electron chi connectivity index (χ3n) is 3.02. The van der Waals surface area contributed by atoms with Crippen molar-refractivity contribution in [2.45, 2.75) is 19.9 Å². The Kier molecular flexibility index (Phi) is 2.94. The van der Waals surface area contributed by atoms with Gasteiger partial charge in [0.1, 0.15) is 12.0 Å². The van der Waals surface area contributed by atoms with Gasteiger partial charge in [-0.3, -0.25) is 4.68 Å². The van der Waals surface area contributed by atoms with Crippen LogP contribution in [-0.4, -0.2) is 30.0 Å². The topological polar surface area (TPSA) is 87.4 Å². The molecule has 2 heterocycles. The average molecular weight is 269 g/mol. The monoisotopic (exact) mass is 269 g/mol. The van der Waals surface area contributed by atoms with Crippen molar-refractivity contribution in [1.82, 2.24) is 30.0 Å². The number of rotatable bonds is 3. The van der Waals surface area contributed by atoms with Crippen molar-refractivity contribution in [1.29, 1.82) is 0 Å². The van der Waals surface area contributed by atoms with Gasteiger partial charge in [-0.25, -0.2) is 4.68 Å². The summed E-state index contributed by atoms with van der Waals surface area (Å²) in [6.45, 7) is 4.13. The Hall–Kier alpha value is -2.70. The first-order valence-electron chi connectivity index (χ1n) is 6.33. The number of nitrogens with zero attached hydrogens (tertiary/aromatic N) is 6. The van der Waals surface area contributed by atoms with Gasteiger partial charge in [0.2, 0.25) is 0 Å². The first kappa shape index (κ1) is 12.3. The summed E-state index contributed by atoms with van der Waals surface area (Å²) in [5.74, 6) is 0. The van der Waals surface area contributed by atoms with E-state index in [0.717, 1.165) is 16.9 Å². The second kappa shape index (κ2) is 4.76. The van der Waals surface area contributed by atoms with E-state index in [0.29, 0.717) is 5.69 Å². The van der Waals surface area contributed by atoms with Crippen LogP contribution in [0.3, 0.4) is 0 Å². The van der Waals surface area contributed by atoms with E-state index >= 15 is 0 Å². The zero-order valence-corrected chi connectivity index (χ0v) is 11.3. The fraction of sp³-hybridized carbons (Fsp3) is 0.231. The molecule has 0 saturated carbocycles. The lowest BCUT2D eigenvalue weighted by Crippen LogP contribution is -2.01. The van der Waals surface area contributed by atoms with Crippen LogP contribution in [0, 0.1) is 0 Å². The molecule has 7 nitrogen and oxygen atoms in total. The van der Waals surface area contributed by atoms with Crippen LogP contribution < -0.4 is 5.73 Å². The molecule has 2 N–H and O–H groups in total. The molecule has 0 aliphatic heterocycles. The van der Waals surface area contributed by atoms with Gasteiger partial charge >= 0.3 is 0 Å². The summed E-state index contributed by atoms with van der Waals surface area (Å²) < 4.78 is 3.45. The largest absolute Gasteiger partial charge is 0.396 e. The molecule has 0 radical (unpaired) electrons. The Balaban J connectivity index is 2.05. The summed E-state index contributed by atoms with van der Waals surface area (Å²) in [5, 5.41) is 15.7. The van der Waals surface area contributed by atoms with E-state index in [9.17, 15) is 0 Å². The summed E-state index contributed by atoms with van der Waals surface area (Å²) in [6, 6.07) is 8.06. The standard InChI is InChI=1S/C13H15N7/c1-9(2)19-7-12(14)13(16-19)10-4-3-5-11(6-10)20-8-15-17-18-20/h3-9H,14H2,1-2H3. The van der Waals surface area contributed by atoms with Gasteiger partial charge in [-0.05, 0) is 36.4 Å². The van der Waals surface area contributed by atoms with E-state index in [2.05, 4.69) is 34.5 Å². The molecule has 3 aromatic rings. The van der Waals surface area contributed by atoms with E-state index in [1.165, 1.54) is 0 Å². The molecule has 0 aliphatic carbocycles. The minimum atomic E-state index is 0.272. The SMILES string of the molecule is CC(C)n1cc(N)c(-c2cccc(-n3cnnn3)c2)n1. The first-order chi connectivity index (χ1) is 9.65. The number of benzene rings is 1. The predicted molar refractivity (Wildman–Crippen MR) is 75.2 cm³/mol. The summed E-state index contributed by atoms with van der Waals surface area (Å²) in [5.41, 5.74) is 9.29. The number of hydrogen-bond acceptors (Lipinski definition) is 5. The quantitative estimate of drug-likeness (QED) is 0.781. The van der Waals surface area contributed by atoms with Gasteiger partial charge in [0.15, 0.2) is 0 Å². The van der Waals surface area contributed by atoms with Crippen LogP contribution in [0.25, 0.3) is 16.9 Å². The van der Waals surface area contributed by atoms with Crippen molar-refractivity contribution in [3.8, 4) is 16.9 Å². The highest BCUT2D eigenvalue weighted by Gasteiger charge is 2.11. The Morgan fingerprint density at radius 3 is 2.75 bits per heavy atom. The zero-order valence-electron chi connectivity index (χ0n) is 11.3. The molecule has 0 fully saturated rings. The fourth-order valence-corrected chi connectivity index (χ4v) is 1.97. The van der Waals surface area contributed by atoms with Crippen LogP contribution in [-0.2, 0) is 0 Å². The van der Waals surface area contributed by atoms with Crippen LogP contribution in [0.5, 0.6) is 0 Å². The van der Waals surface area contributed by atoms with E-state index in [1.807, 2.05) is 35.1 Å². The van der Waals surface area contributed by atoms with Gasteiger partial charge in [0.05, 0.1) is 11.4 Å². The molecular formula is C13H15N7. The number of hydrogen-bond donors (Lipinski definition) is 1. The Morgan fingerprint density at radius 1 is 1.25 bits per heavy atom. The molecule has 0 spiro atoms. The molecule has 0 bridgehead atoms. The highest BCUT2D eigenvalue weighted by Crippen LogP contribution is 2.26. The molecule has 1 aromatic carbocycles. The molecule has 0 unspecified atom stereocenters. The molecule has 102 valence electrons. The van der Waals surface area contributed by atoms with Crippen LogP contribution in [0.2, 0.25) is 0 Å². The highest BCUT2D eigenvalue weighted by molar-refractivity contribution is 5.73. The normalized spacial score (nSPS) is 11.2. The number of aromatic nitrogens is 6. The fourth-order valence-electron chi connectivity index (χ4n) is 1.97. The van der Waals surface area contributed by atoms with Crippen molar-refractivity contribution in [3.63, 3.8) is 0 Å². The predicted octanol–water partition coefficient (Wildman–Crippen LogP) is 1.69. The first-order valence-corrected chi connectivity index (χ1v) is 6.33. The summed E-state index contributed by atoms with van der Waals surface area (Å²) >= 11 is 0. The molecule has 0 aliphatic rings. The maximum Gasteiger partial charge on any atom is 0.143 e. The van der Waals surface area contributed by atoms with Gasteiger partial charge in [-0.1, -0.05) is 12.1 Å². The number of tetrazole rings is 1. The van der Waals surface area contributed by atoms with Crippen LogP contribution in [0.4, 0.5) is 5.69 Å².